The number of carbonyl (C=O) groups excluding carboxylic acids is 1. The summed E-state index contributed by atoms with van der Waals surface area (Å²) in [5, 5.41) is 13.7. The van der Waals surface area contributed by atoms with Gasteiger partial charge in [-0.05, 0) is 17.7 Å². The number of amides is 1. The molecule has 104 valence electrons. The first-order valence-corrected chi connectivity index (χ1v) is 6.29. The number of aromatic nitrogens is 1. The summed E-state index contributed by atoms with van der Waals surface area (Å²) in [7, 11) is 3.96. The highest BCUT2D eigenvalue weighted by Gasteiger charge is 2.06. The van der Waals surface area contributed by atoms with Gasteiger partial charge in [-0.2, -0.15) is 4.73 Å². The lowest BCUT2D eigenvalue weighted by Gasteiger charge is -2.12. The van der Waals surface area contributed by atoms with Gasteiger partial charge in [0.05, 0.1) is 5.56 Å². The van der Waals surface area contributed by atoms with E-state index >= 15 is 0 Å². The predicted molar refractivity (Wildman–Crippen MR) is 77.3 cm³/mol. The van der Waals surface area contributed by atoms with Crippen molar-refractivity contribution >= 4 is 11.6 Å². The van der Waals surface area contributed by atoms with Crippen LogP contribution in [0.25, 0.3) is 0 Å². The summed E-state index contributed by atoms with van der Waals surface area (Å²) in [6, 6.07) is 11.0. The van der Waals surface area contributed by atoms with Gasteiger partial charge in [-0.1, -0.05) is 12.1 Å². The van der Waals surface area contributed by atoms with Crippen LogP contribution in [0.3, 0.4) is 0 Å². The van der Waals surface area contributed by atoms with Crippen molar-refractivity contribution in [2.75, 3.05) is 19.0 Å². The van der Waals surface area contributed by atoms with E-state index in [9.17, 15) is 10.0 Å². The molecule has 1 aromatic heterocycles. The number of carbonyl (C=O) groups is 1. The molecule has 0 aliphatic carbocycles. The van der Waals surface area contributed by atoms with Crippen LogP contribution in [0.15, 0.2) is 48.8 Å². The molecule has 0 aliphatic rings. The highest BCUT2D eigenvalue weighted by atomic mass is 16.5. The number of hydrogen-bond donors (Lipinski definition) is 1. The third kappa shape index (κ3) is 3.47. The van der Waals surface area contributed by atoms with Crippen LogP contribution in [0, 0.1) is 5.21 Å². The second kappa shape index (κ2) is 6.06. The highest BCUT2D eigenvalue weighted by Crippen LogP contribution is 2.12. The highest BCUT2D eigenvalue weighted by molar-refractivity contribution is 5.93. The Balaban J connectivity index is 1.94. The fourth-order valence-electron chi connectivity index (χ4n) is 1.76. The lowest BCUT2D eigenvalue weighted by molar-refractivity contribution is -0.605. The summed E-state index contributed by atoms with van der Waals surface area (Å²) < 4.78 is 0.650. The van der Waals surface area contributed by atoms with Crippen molar-refractivity contribution in [2.45, 2.75) is 6.54 Å². The van der Waals surface area contributed by atoms with Crippen LogP contribution in [0.4, 0.5) is 5.69 Å². The molecule has 0 spiro atoms. The molecular weight excluding hydrogens is 254 g/mol. The van der Waals surface area contributed by atoms with E-state index in [0.717, 1.165) is 11.3 Å². The average molecular weight is 271 g/mol. The van der Waals surface area contributed by atoms with Crippen molar-refractivity contribution in [2.24, 2.45) is 0 Å². The number of nitrogens with zero attached hydrogens (tertiary/aromatic N) is 2. The normalized spacial score (nSPS) is 10.1. The van der Waals surface area contributed by atoms with Gasteiger partial charge in [0.2, 0.25) is 0 Å². The van der Waals surface area contributed by atoms with E-state index in [1.54, 1.807) is 0 Å². The van der Waals surface area contributed by atoms with Gasteiger partial charge in [-0.3, -0.25) is 4.79 Å². The molecular formula is C15H17N3O2. The summed E-state index contributed by atoms with van der Waals surface area (Å²) in [6.45, 7) is 0.457. The van der Waals surface area contributed by atoms with Gasteiger partial charge in [0.1, 0.15) is 0 Å². The van der Waals surface area contributed by atoms with E-state index in [-0.39, 0.29) is 5.91 Å². The number of rotatable bonds is 4. The quantitative estimate of drug-likeness (QED) is 0.674. The maximum absolute atomic E-state index is 11.9. The SMILES string of the molecule is CN(C)c1ccc(CNC(=O)c2cc[n+]([O-])cc2)cc1. The van der Waals surface area contributed by atoms with Crippen LogP contribution in [0.2, 0.25) is 0 Å². The van der Waals surface area contributed by atoms with Gasteiger partial charge in [-0.25, -0.2) is 0 Å². The van der Waals surface area contributed by atoms with E-state index < -0.39 is 0 Å². The summed E-state index contributed by atoms with van der Waals surface area (Å²) in [6.07, 6.45) is 2.61. The predicted octanol–water partition coefficient (Wildman–Crippen LogP) is 1.32. The van der Waals surface area contributed by atoms with E-state index in [1.807, 2.05) is 43.3 Å². The molecule has 1 amide bonds. The first kappa shape index (κ1) is 13.9. The van der Waals surface area contributed by atoms with Crippen LogP contribution in [0.5, 0.6) is 0 Å². The topological polar surface area (TPSA) is 59.3 Å². The van der Waals surface area contributed by atoms with Gasteiger partial charge in [-0.15, -0.1) is 0 Å². The Morgan fingerprint density at radius 2 is 1.75 bits per heavy atom. The molecule has 0 saturated carbocycles. The molecule has 2 rings (SSSR count). The minimum absolute atomic E-state index is 0.192. The number of benzene rings is 1. The first-order chi connectivity index (χ1) is 9.56. The van der Waals surface area contributed by atoms with Crippen molar-refractivity contribution < 1.29 is 9.52 Å². The van der Waals surface area contributed by atoms with E-state index in [1.165, 1.54) is 24.5 Å². The molecule has 5 heteroatoms. The van der Waals surface area contributed by atoms with Crippen LogP contribution < -0.4 is 14.9 Å². The largest absolute Gasteiger partial charge is 0.619 e. The fourth-order valence-corrected chi connectivity index (χ4v) is 1.76. The van der Waals surface area contributed by atoms with Crippen LogP contribution in [-0.2, 0) is 6.54 Å². The lowest BCUT2D eigenvalue weighted by Crippen LogP contribution is -2.27. The molecule has 5 nitrogen and oxygen atoms in total. The molecule has 2 aromatic rings. The molecule has 20 heavy (non-hydrogen) atoms. The van der Waals surface area contributed by atoms with Crippen molar-refractivity contribution in [3.05, 3.63) is 65.1 Å². The summed E-state index contributed by atoms with van der Waals surface area (Å²) >= 11 is 0. The first-order valence-electron chi connectivity index (χ1n) is 6.29. The second-order valence-corrected chi connectivity index (χ2v) is 4.69. The molecule has 1 aromatic carbocycles. The smallest absolute Gasteiger partial charge is 0.252 e. The Morgan fingerprint density at radius 3 is 2.30 bits per heavy atom. The van der Waals surface area contributed by atoms with Gasteiger partial charge < -0.3 is 15.4 Å². The van der Waals surface area contributed by atoms with E-state index in [2.05, 4.69) is 5.32 Å². The summed E-state index contributed by atoms with van der Waals surface area (Å²) in [5.74, 6) is -0.192. The molecule has 0 radical (unpaired) electrons. The standard InChI is InChI=1S/C15H17N3O2/c1-17(2)14-5-3-12(4-6-14)11-16-15(19)13-7-9-18(20)10-8-13/h3-10H,11H2,1-2H3,(H,16,19). The molecule has 0 saturated heterocycles. The number of hydrogen-bond acceptors (Lipinski definition) is 3. The van der Waals surface area contributed by atoms with Crippen LogP contribution in [0.1, 0.15) is 15.9 Å². The number of anilines is 1. The fraction of sp³-hybridized carbons (Fsp3) is 0.200. The monoisotopic (exact) mass is 271 g/mol. The second-order valence-electron chi connectivity index (χ2n) is 4.69. The molecule has 0 fully saturated rings. The number of pyridine rings is 1. The average Bonchev–Trinajstić information content (AvgIpc) is 2.46. The molecule has 0 aliphatic heterocycles. The zero-order chi connectivity index (χ0) is 14.5. The van der Waals surface area contributed by atoms with Gasteiger partial charge >= 0.3 is 0 Å². The van der Waals surface area contributed by atoms with Crippen LogP contribution in [-0.4, -0.2) is 20.0 Å². The third-order valence-electron chi connectivity index (χ3n) is 2.97. The molecule has 0 atom stereocenters. The third-order valence-corrected chi connectivity index (χ3v) is 2.97. The van der Waals surface area contributed by atoms with Crippen molar-refractivity contribution in [1.82, 2.24) is 5.32 Å². The van der Waals surface area contributed by atoms with Gasteiger partial charge in [0.25, 0.3) is 5.91 Å². The maximum Gasteiger partial charge on any atom is 0.252 e. The van der Waals surface area contributed by atoms with Crippen LogP contribution >= 0.6 is 0 Å². The Hall–Kier alpha value is -2.56. The Kier molecular flexibility index (Phi) is 4.20. The molecule has 0 bridgehead atoms. The minimum Gasteiger partial charge on any atom is -0.619 e. The van der Waals surface area contributed by atoms with E-state index in [0.29, 0.717) is 16.8 Å². The van der Waals surface area contributed by atoms with Gasteiger partial charge in [0, 0.05) is 38.5 Å². The lowest BCUT2D eigenvalue weighted by atomic mass is 10.2. The Morgan fingerprint density at radius 1 is 1.15 bits per heavy atom. The molecule has 0 unspecified atom stereocenters. The molecule has 1 heterocycles. The minimum atomic E-state index is -0.192. The summed E-state index contributed by atoms with van der Waals surface area (Å²) in [5.41, 5.74) is 2.61. The van der Waals surface area contributed by atoms with Crippen molar-refractivity contribution in [3.63, 3.8) is 0 Å². The zero-order valence-corrected chi connectivity index (χ0v) is 11.5. The Bertz CT molecular complexity index is 577. The van der Waals surface area contributed by atoms with E-state index in [4.69, 9.17) is 0 Å². The maximum atomic E-state index is 11.9. The van der Waals surface area contributed by atoms with Crippen molar-refractivity contribution in [3.8, 4) is 0 Å². The van der Waals surface area contributed by atoms with Gasteiger partial charge in [0.15, 0.2) is 12.4 Å². The Labute approximate surface area is 118 Å². The molecule has 1 N–H and O–H groups in total. The summed E-state index contributed by atoms with van der Waals surface area (Å²) in [4.78, 5) is 13.9. The van der Waals surface area contributed by atoms with Crippen molar-refractivity contribution in [1.29, 1.82) is 0 Å². The zero-order valence-electron chi connectivity index (χ0n) is 11.5. The number of nitrogens with one attached hydrogen (secondary N) is 1.